The number of nitrogens with zero attached hydrogens (tertiary/aromatic N) is 3. The molecule has 0 aliphatic heterocycles. The number of anilines is 1. The zero-order chi connectivity index (χ0) is 18.7. The van der Waals surface area contributed by atoms with Crippen LogP contribution in [0.5, 0.6) is 5.19 Å². The van der Waals surface area contributed by atoms with E-state index >= 15 is 0 Å². The second-order valence-corrected chi connectivity index (χ2v) is 6.74. The van der Waals surface area contributed by atoms with E-state index in [9.17, 15) is 9.90 Å². The lowest BCUT2D eigenvalue weighted by atomic mass is 9.96. The van der Waals surface area contributed by atoms with Gasteiger partial charge in [-0.2, -0.15) is 0 Å². The minimum Gasteiger partial charge on any atom is -0.472 e. The molecule has 134 valence electrons. The molecule has 2 N–H and O–H groups in total. The summed E-state index contributed by atoms with van der Waals surface area (Å²) >= 11 is 7.23. The fraction of sp³-hybridized carbons (Fsp3) is 0.176. The highest BCUT2D eigenvalue weighted by atomic mass is 35.5. The number of aliphatic hydroxyl groups excluding tert-OH is 1. The summed E-state index contributed by atoms with van der Waals surface area (Å²) in [6.07, 6.45) is 1.49. The van der Waals surface area contributed by atoms with Crippen LogP contribution in [0, 0.1) is 6.92 Å². The van der Waals surface area contributed by atoms with Crippen molar-refractivity contribution >= 4 is 34.0 Å². The van der Waals surface area contributed by atoms with Crippen molar-refractivity contribution in [2.45, 2.75) is 13.5 Å². The SMILES string of the molecule is COc1nnc(NC(=O)c2cnc(C)cc2-c2cc(Cl)ccc2CO)s1. The maximum absolute atomic E-state index is 12.8. The van der Waals surface area contributed by atoms with E-state index in [2.05, 4.69) is 20.5 Å². The van der Waals surface area contributed by atoms with Crippen LogP contribution in [-0.2, 0) is 6.61 Å². The smallest absolute Gasteiger partial charge is 0.295 e. The van der Waals surface area contributed by atoms with Gasteiger partial charge in [-0.05, 0) is 53.1 Å². The summed E-state index contributed by atoms with van der Waals surface area (Å²) in [5.74, 6) is -0.393. The molecule has 3 rings (SSSR count). The number of amides is 1. The van der Waals surface area contributed by atoms with Crippen molar-refractivity contribution in [3.05, 3.63) is 52.3 Å². The summed E-state index contributed by atoms with van der Waals surface area (Å²) in [4.78, 5) is 17.0. The van der Waals surface area contributed by atoms with E-state index in [-0.39, 0.29) is 6.61 Å². The Morgan fingerprint density at radius 1 is 1.31 bits per heavy atom. The summed E-state index contributed by atoms with van der Waals surface area (Å²) in [5, 5.41) is 21.1. The molecule has 0 aliphatic carbocycles. The van der Waals surface area contributed by atoms with Crippen LogP contribution in [0.3, 0.4) is 0 Å². The summed E-state index contributed by atoms with van der Waals surface area (Å²) in [7, 11) is 1.48. The van der Waals surface area contributed by atoms with Gasteiger partial charge in [-0.3, -0.25) is 15.1 Å². The highest BCUT2D eigenvalue weighted by Gasteiger charge is 2.18. The summed E-state index contributed by atoms with van der Waals surface area (Å²) in [5.41, 5.74) is 3.02. The molecule has 26 heavy (non-hydrogen) atoms. The predicted octanol–water partition coefficient (Wildman–Crippen LogP) is 3.32. The van der Waals surface area contributed by atoms with Crippen LogP contribution >= 0.6 is 22.9 Å². The number of aryl methyl sites for hydroxylation is 1. The molecule has 0 aliphatic rings. The van der Waals surface area contributed by atoms with E-state index in [0.717, 1.165) is 17.0 Å². The first kappa shape index (κ1) is 18.2. The van der Waals surface area contributed by atoms with Gasteiger partial charge in [0.25, 0.3) is 11.1 Å². The normalized spacial score (nSPS) is 10.6. The van der Waals surface area contributed by atoms with E-state index in [1.54, 1.807) is 24.3 Å². The Morgan fingerprint density at radius 3 is 2.81 bits per heavy atom. The van der Waals surface area contributed by atoms with Crippen LogP contribution < -0.4 is 10.1 Å². The first-order valence-corrected chi connectivity index (χ1v) is 8.76. The van der Waals surface area contributed by atoms with Gasteiger partial charge >= 0.3 is 0 Å². The second kappa shape index (κ2) is 7.77. The van der Waals surface area contributed by atoms with Crippen LogP contribution in [-0.4, -0.2) is 33.3 Å². The van der Waals surface area contributed by atoms with Gasteiger partial charge in [0.1, 0.15) is 0 Å². The molecule has 0 saturated carbocycles. The minimum atomic E-state index is -0.393. The Bertz CT molecular complexity index is 961. The Kier molecular flexibility index (Phi) is 5.46. The van der Waals surface area contributed by atoms with Gasteiger partial charge in [0.2, 0.25) is 5.13 Å². The van der Waals surface area contributed by atoms with Crippen LogP contribution in [0.4, 0.5) is 5.13 Å². The third kappa shape index (κ3) is 3.82. The first-order valence-electron chi connectivity index (χ1n) is 7.57. The lowest BCUT2D eigenvalue weighted by Crippen LogP contribution is -2.14. The van der Waals surface area contributed by atoms with Crippen molar-refractivity contribution in [2.24, 2.45) is 0 Å². The van der Waals surface area contributed by atoms with Gasteiger partial charge in [0.05, 0.1) is 19.3 Å². The molecule has 7 nitrogen and oxygen atoms in total. The van der Waals surface area contributed by atoms with Crippen LogP contribution in [0.15, 0.2) is 30.5 Å². The lowest BCUT2D eigenvalue weighted by molar-refractivity contribution is 0.102. The van der Waals surface area contributed by atoms with Crippen molar-refractivity contribution in [2.75, 3.05) is 12.4 Å². The van der Waals surface area contributed by atoms with Gasteiger partial charge in [-0.1, -0.05) is 22.8 Å². The van der Waals surface area contributed by atoms with Crippen LogP contribution in [0.1, 0.15) is 21.6 Å². The molecule has 0 spiro atoms. The summed E-state index contributed by atoms with van der Waals surface area (Å²) in [6, 6.07) is 6.91. The van der Waals surface area contributed by atoms with E-state index in [1.807, 2.05) is 6.92 Å². The average Bonchev–Trinajstić information content (AvgIpc) is 3.09. The Hall–Kier alpha value is -2.55. The van der Waals surface area contributed by atoms with Crippen LogP contribution in [0.25, 0.3) is 11.1 Å². The van der Waals surface area contributed by atoms with E-state index in [0.29, 0.717) is 37.6 Å². The number of carbonyl (C=O) groups excluding carboxylic acids is 1. The summed E-state index contributed by atoms with van der Waals surface area (Å²) in [6.45, 7) is 1.65. The number of ether oxygens (including phenoxy) is 1. The number of hydrogen-bond acceptors (Lipinski definition) is 7. The number of carbonyl (C=O) groups is 1. The van der Waals surface area contributed by atoms with Crippen LogP contribution in [0.2, 0.25) is 5.02 Å². The molecule has 3 aromatic rings. The van der Waals surface area contributed by atoms with E-state index < -0.39 is 5.91 Å². The number of nitrogens with one attached hydrogen (secondary N) is 1. The van der Waals surface area contributed by atoms with Gasteiger partial charge < -0.3 is 9.84 Å². The minimum absolute atomic E-state index is 0.178. The molecular weight excluding hydrogens is 376 g/mol. The maximum atomic E-state index is 12.8. The largest absolute Gasteiger partial charge is 0.472 e. The van der Waals surface area contributed by atoms with Crippen molar-refractivity contribution in [3.63, 3.8) is 0 Å². The third-order valence-corrected chi connectivity index (χ3v) is 4.65. The first-order chi connectivity index (χ1) is 12.5. The van der Waals surface area contributed by atoms with E-state index in [4.69, 9.17) is 16.3 Å². The van der Waals surface area contributed by atoms with Gasteiger partial charge in [0.15, 0.2) is 0 Å². The number of halogens is 1. The lowest BCUT2D eigenvalue weighted by Gasteiger charge is -2.13. The number of benzene rings is 1. The standard InChI is InChI=1S/C17H15ClN4O3S/c1-9-5-13(12-6-11(18)4-3-10(12)8-23)14(7-19-9)15(24)20-16-21-22-17(25-2)26-16/h3-7,23H,8H2,1-2H3,(H,20,21,24). The molecule has 0 unspecified atom stereocenters. The van der Waals surface area contributed by atoms with Gasteiger partial charge in [-0.25, -0.2) is 0 Å². The van der Waals surface area contributed by atoms with E-state index in [1.165, 1.54) is 13.3 Å². The molecule has 1 amide bonds. The van der Waals surface area contributed by atoms with Crippen molar-refractivity contribution in [1.82, 2.24) is 15.2 Å². The molecule has 1 aromatic carbocycles. The Balaban J connectivity index is 2.03. The zero-order valence-corrected chi connectivity index (χ0v) is 15.6. The van der Waals surface area contributed by atoms with Crippen molar-refractivity contribution in [3.8, 4) is 16.3 Å². The molecular formula is C17H15ClN4O3S. The molecule has 0 radical (unpaired) electrons. The number of aliphatic hydroxyl groups is 1. The monoisotopic (exact) mass is 390 g/mol. The molecule has 9 heteroatoms. The number of hydrogen-bond donors (Lipinski definition) is 2. The average molecular weight is 391 g/mol. The van der Waals surface area contributed by atoms with Crippen molar-refractivity contribution < 1.29 is 14.6 Å². The second-order valence-electron chi connectivity index (χ2n) is 5.36. The highest BCUT2D eigenvalue weighted by Crippen LogP contribution is 2.31. The Labute approximate surface area is 158 Å². The summed E-state index contributed by atoms with van der Waals surface area (Å²) < 4.78 is 4.97. The highest BCUT2D eigenvalue weighted by molar-refractivity contribution is 7.17. The third-order valence-electron chi connectivity index (χ3n) is 3.62. The number of aromatic nitrogens is 3. The fourth-order valence-corrected chi connectivity index (χ4v) is 3.14. The molecule has 0 fully saturated rings. The van der Waals surface area contributed by atoms with Gasteiger partial charge in [0, 0.05) is 16.9 Å². The molecule has 0 saturated heterocycles. The van der Waals surface area contributed by atoms with Crippen molar-refractivity contribution in [1.29, 1.82) is 0 Å². The predicted molar refractivity (Wildman–Crippen MR) is 99.8 cm³/mol. The molecule has 0 atom stereocenters. The quantitative estimate of drug-likeness (QED) is 0.693. The fourth-order valence-electron chi connectivity index (χ4n) is 2.41. The topological polar surface area (TPSA) is 97.2 Å². The molecule has 0 bridgehead atoms. The number of rotatable bonds is 5. The number of methoxy groups -OCH3 is 1. The van der Waals surface area contributed by atoms with Gasteiger partial charge in [-0.15, -0.1) is 5.10 Å². The maximum Gasteiger partial charge on any atom is 0.295 e. The Morgan fingerprint density at radius 2 is 2.12 bits per heavy atom. The zero-order valence-electron chi connectivity index (χ0n) is 14.0. The molecule has 2 heterocycles. The number of pyridine rings is 1. The molecule has 2 aromatic heterocycles.